The average Bonchev–Trinajstić information content (AvgIpc) is 3.06. The van der Waals surface area contributed by atoms with E-state index >= 15 is 0 Å². The third kappa shape index (κ3) is 3.19. The summed E-state index contributed by atoms with van der Waals surface area (Å²) < 4.78 is 21.6. The molecule has 122 valence electrons. The van der Waals surface area contributed by atoms with E-state index in [9.17, 15) is 0 Å². The molecule has 3 rings (SSSR count). The molecule has 5 heteroatoms. The normalized spacial score (nSPS) is 13.7. The second kappa shape index (κ2) is 6.79. The molecule has 1 aliphatic heterocycles. The van der Waals surface area contributed by atoms with Crippen molar-refractivity contribution in [1.29, 1.82) is 0 Å². The Morgan fingerprint density at radius 3 is 2.61 bits per heavy atom. The highest BCUT2D eigenvalue weighted by Crippen LogP contribution is 2.36. The summed E-state index contributed by atoms with van der Waals surface area (Å²) in [6, 6.07) is 11.8. The molecular formula is C18H21NO4. The quantitative estimate of drug-likeness (QED) is 0.888. The van der Waals surface area contributed by atoms with Gasteiger partial charge in [0, 0.05) is 11.5 Å². The van der Waals surface area contributed by atoms with Crippen molar-refractivity contribution in [3.8, 4) is 23.0 Å². The molecule has 23 heavy (non-hydrogen) atoms. The lowest BCUT2D eigenvalue weighted by atomic mass is 9.91. The Labute approximate surface area is 135 Å². The third-order valence-electron chi connectivity index (χ3n) is 4.08. The van der Waals surface area contributed by atoms with Gasteiger partial charge in [0.15, 0.2) is 11.5 Å². The standard InChI is InChI=1S/C18H21NO4/c1-20-14-4-6-16(21-2)15(9-14)13(10-19)7-12-3-5-17-18(8-12)23-11-22-17/h3-6,8-9,13H,7,10-11,19H2,1-2H3. The van der Waals surface area contributed by atoms with Crippen LogP contribution in [-0.4, -0.2) is 27.6 Å². The zero-order chi connectivity index (χ0) is 16.2. The van der Waals surface area contributed by atoms with Gasteiger partial charge in [0.2, 0.25) is 6.79 Å². The van der Waals surface area contributed by atoms with Crippen molar-refractivity contribution in [2.45, 2.75) is 12.3 Å². The minimum Gasteiger partial charge on any atom is -0.497 e. The molecule has 1 atom stereocenters. The Bertz CT molecular complexity index is 687. The summed E-state index contributed by atoms with van der Waals surface area (Å²) in [5.41, 5.74) is 8.22. The number of hydrogen-bond donors (Lipinski definition) is 1. The Hall–Kier alpha value is -2.40. The summed E-state index contributed by atoms with van der Waals surface area (Å²) in [7, 11) is 3.32. The van der Waals surface area contributed by atoms with Crippen molar-refractivity contribution >= 4 is 0 Å². The summed E-state index contributed by atoms with van der Waals surface area (Å²) in [5, 5.41) is 0. The Balaban J connectivity index is 1.88. The van der Waals surface area contributed by atoms with E-state index in [4.69, 9.17) is 24.7 Å². The van der Waals surface area contributed by atoms with Gasteiger partial charge in [0.05, 0.1) is 14.2 Å². The molecule has 2 aromatic rings. The van der Waals surface area contributed by atoms with E-state index in [0.29, 0.717) is 6.54 Å². The van der Waals surface area contributed by atoms with Gasteiger partial charge in [-0.3, -0.25) is 0 Å². The van der Waals surface area contributed by atoms with Crippen LogP contribution in [0.4, 0.5) is 0 Å². The van der Waals surface area contributed by atoms with Crippen LogP contribution in [0.5, 0.6) is 23.0 Å². The second-order valence-electron chi connectivity index (χ2n) is 5.43. The highest BCUT2D eigenvalue weighted by molar-refractivity contribution is 5.46. The fourth-order valence-electron chi connectivity index (χ4n) is 2.83. The lowest BCUT2D eigenvalue weighted by Crippen LogP contribution is -2.16. The molecule has 2 aromatic carbocycles. The first-order valence-electron chi connectivity index (χ1n) is 7.55. The van der Waals surface area contributed by atoms with Crippen molar-refractivity contribution in [2.75, 3.05) is 27.6 Å². The van der Waals surface area contributed by atoms with Gasteiger partial charge >= 0.3 is 0 Å². The van der Waals surface area contributed by atoms with E-state index in [1.165, 1.54) is 0 Å². The SMILES string of the molecule is COc1ccc(OC)c(C(CN)Cc2ccc3c(c2)OCO3)c1. The van der Waals surface area contributed by atoms with Gasteiger partial charge < -0.3 is 24.7 Å². The van der Waals surface area contributed by atoms with Gasteiger partial charge in [-0.25, -0.2) is 0 Å². The molecule has 0 saturated heterocycles. The molecular weight excluding hydrogens is 294 g/mol. The first-order valence-corrected chi connectivity index (χ1v) is 7.55. The average molecular weight is 315 g/mol. The molecule has 1 aliphatic rings. The van der Waals surface area contributed by atoms with Gasteiger partial charge in [0.25, 0.3) is 0 Å². The zero-order valence-corrected chi connectivity index (χ0v) is 13.4. The topological polar surface area (TPSA) is 62.9 Å². The molecule has 0 bridgehead atoms. The minimum atomic E-state index is 0.125. The highest BCUT2D eigenvalue weighted by Gasteiger charge is 2.19. The fourth-order valence-corrected chi connectivity index (χ4v) is 2.83. The van der Waals surface area contributed by atoms with Crippen molar-refractivity contribution in [2.24, 2.45) is 5.73 Å². The van der Waals surface area contributed by atoms with E-state index in [1.54, 1.807) is 14.2 Å². The van der Waals surface area contributed by atoms with Crippen LogP contribution >= 0.6 is 0 Å². The van der Waals surface area contributed by atoms with Crippen molar-refractivity contribution < 1.29 is 18.9 Å². The van der Waals surface area contributed by atoms with Crippen LogP contribution in [-0.2, 0) is 6.42 Å². The molecule has 2 N–H and O–H groups in total. The molecule has 0 spiro atoms. The van der Waals surface area contributed by atoms with E-state index < -0.39 is 0 Å². The molecule has 0 radical (unpaired) electrons. The molecule has 0 saturated carbocycles. The summed E-state index contributed by atoms with van der Waals surface area (Å²) in [4.78, 5) is 0. The van der Waals surface area contributed by atoms with Crippen LogP contribution in [0.2, 0.25) is 0 Å². The van der Waals surface area contributed by atoms with Gasteiger partial charge in [-0.1, -0.05) is 6.07 Å². The van der Waals surface area contributed by atoms with Crippen LogP contribution in [0.25, 0.3) is 0 Å². The van der Waals surface area contributed by atoms with Gasteiger partial charge in [-0.2, -0.15) is 0 Å². The maximum atomic E-state index is 6.03. The van der Waals surface area contributed by atoms with Crippen molar-refractivity contribution in [3.05, 3.63) is 47.5 Å². The number of fused-ring (bicyclic) bond motifs is 1. The largest absolute Gasteiger partial charge is 0.497 e. The number of benzene rings is 2. The van der Waals surface area contributed by atoms with Crippen LogP contribution in [0.3, 0.4) is 0 Å². The number of hydrogen-bond acceptors (Lipinski definition) is 5. The number of methoxy groups -OCH3 is 2. The Morgan fingerprint density at radius 1 is 1.04 bits per heavy atom. The highest BCUT2D eigenvalue weighted by atomic mass is 16.7. The van der Waals surface area contributed by atoms with Crippen LogP contribution < -0.4 is 24.7 Å². The van der Waals surface area contributed by atoms with Gasteiger partial charge in [-0.05, 0) is 48.9 Å². The Morgan fingerprint density at radius 2 is 1.87 bits per heavy atom. The maximum absolute atomic E-state index is 6.03. The molecule has 5 nitrogen and oxygen atoms in total. The number of ether oxygens (including phenoxy) is 4. The monoisotopic (exact) mass is 315 g/mol. The summed E-state index contributed by atoms with van der Waals surface area (Å²) >= 11 is 0. The molecule has 0 aliphatic carbocycles. The lowest BCUT2D eigenvalue weighted by Gasteiger charge is -2.19. The lowest BCUT2D eigenvalue weighted by molar-refractivity contribution is 0.174. The van der Waals surface area contributed by atoms with Gasteiger partial charge in [-0.15, -0.1) is 0 Å². The molecule has 0 aromatic heterocycles. The second-order valence-corrected chi connectivity index (χ2v) is 5.43. The summed E-state index contributed by atoms with van der Waals surface area (Å²) in [5.74, 6) is 3.32. The first-order chi connectivity index (χ1) is 11.2. The molecule has 1 unspecified atom stereocenters. The number of nitrogens with two attached hydrogens (primary N) is 1. The van der Waals surface area contributed by atoms with Gasteiger partial charge in [0.1, 0.15) is 11.5 Å². The minimum absolute atomic E-state index is 0.125. The van der Waals surface area contributed by atoms with Crippen molar-refractivity contribution in [3.63, 3.8) is 0 Å². The van der Waals surface area contributed by atoms with Crippen LogP contribution in [0.15, 0.2) is 36.4 Å². The van der Waals surface area contributed by atoms with Crippen LogP contribution in [0, 0.1) is 0 Å². The fraction of sp³-hybridized carbons (Fsp3) is 0.333. The van der Waals surface area contributed by atoms with E-state index in [2.05, 4.69) is 0 Å². The summed E-state index contributed by atoms with van der Waals surface area (Å²) in [6.07, 6.45) is 0.788. The first kappa shape index (κ1) is 15.5. The predicted octanol–water partition coefficient (Wildman–Crippen LogP) is 2.72. The molecule has 0 fully saturated rings. The third-order valence-corrected chi connectivity index (χ3v) is 4.08. The number of rotatable bonds is 6. The molecule has 0 amide bonds. The van der Waals surface area contributed by atoms with E-state index in [1.807, 2.05) is 36.4 Å². The van der Waals surface area contributed by atoms with E-state index in [0.717, 1.165) is 40.5 Å². The Kier molecular flexibility index (Phi) is 4.57. The maximum Gasteiger partial charge on any atom is 0.231 e. The zero-order valence-electron chi connectivity index (χ0n) is 13.4. The predicted molar refractivity (Wildman–Crippen MR) is 87.6 cm³/mol. The molecule has 1 heterocycles. The summed E-state index contributed by atoms with van der Waals surface area (Å²) in [6.45, 7) is 0.792. The van der Waals surface area contributed by atoms with Crippen LogP contribution in [0.1, 0.15) is 17.0 Å². The van der Waals surface area contributed by atoms with Crippen molar-refractivity contribution in [1.82, 2.24) is 0 Å². The smallest absolute Gasteiger partial charge is 0.231 e. The van der Waals surface area contributed by atoms with E-state index in [-0.39, 0.29) is 12.7 Å².